The summed E-state index contributed by atoms with van der Waals surface area (Å²) in [7, 11) is 0. The van der Waals surface area contributed by atoms with Gasteiger partial charge in [0, 0.05) is 11.8 Å². The van der Waals surface area contributed by atoms with Crippen molar-refractivity contribution in [1.29, 1.82) is 0 Å². The SMILES string of the molecule is O[C@H](CCl)CCCCl. The molecule has 0 unspecified atom stereocenters. The minimum atomic E-state index is -0.365. The second-order valence-electron chi connectivity index (χ2n) is 1.64. The molecule has 0 aliphatic carbocycles. The van der Waals surface area contributed by atoms with E-state index in [0.29, 0.717) is 18.2 Å². The maximum atomic E-state index is 8.80. The zero-order chi connectivity index (χ0) is 6.41. The lowest BCUT2D eigenvalue weighted by Gasteiger charge is -2.01. The summed E-state index contributed by atoms with van der Waals surface area (Å²) in [5, 5.41) is 8.80. The molecule has 0 amide bonds. The smallest absolute Gasteiger partial charge is 0.0675 e. The summed E-state index contributed by atoms with van der Waals surface area (Å²) >= 11 is 10.6. The predicted molar refractivity (Wildman–Crippen MR) is 36.7 cm³/mol. The molecule has 50 valence electrons. The molecule has 0 rings (SSSR count). The van der Waals surface area contributed by atoms with Crippen molar-refractivity contribution < 1.29 is 5.11 Å². The first-order valence-electron chi connectivity index (χ1n) is 2.61. The van der Waals surface area contributed by atoms with Gasteiger partial charge in [-0.15, -0.1) is 23.2 Å². The van der Waals surface area contributed by atoms with Crippen LogP contribution in [-0.2, 0) is 0 Å². The van der Waals surface area contributed by atoms with Crippen LogP contribution < -0.4 is 0 Å². The number of aliphatic hydroxyl groups is 1. The largest absolute Gasteiger partial charge is 0.392 e. The molecule has 0 spiro atoms. The highest BCUT2D eigenvalue weighted by Gasteiger charge is 1.98. The molecule has 0 saturated heterocycles. The summed E-state index contributed by atoms with van der Waals surface area (Å²) in [4.78, 5) is 0. The summed E-state index contributed by atoms with van der Waals surface area (Å²) in [5.41, 5.74) is 0. The molecule has 3 heteroatoms. The zero-order valence-corrected chi connectivity index (χ0v) is 6.12. The molecule has 0 aromatic carbocycles. The van der Waals surface area contributed by atoms with Crippen LogP contribution >= 0.6 is 23.2 Å². The van der Waals surface area contributed by atoms with Crippen LogP contribution in [0.15, 0.2) is 0 Å². The quantitative estimate of drug-likeness (QED) is 0.614. The van der Waals surface area contributed by atoms with Crippen molar-refractivity contribution >= 4 is 23.2 Å². The first kappa shape index (κ1) is 8.54. The molecule has 0 aromatic heterocycles. The highest BCUT2D eigenvalue weighted by atomic mass is 35.5. The van der Waals surface area contributed by atoms with Gasteiger partial charge in [0.15, 0.2) is 0 Å². The maximum absolute atomic E-state index is 8.80. The topological polar surface area (TPSA) is 20.2 Å². The molecule has 0 heterocycles. The van der Waals surface area contributed by atoms with E-state index in [1.165, 1.54) is 0 Å². The minimum absolute atomic E-state index is 0.316. The average molecular weight is 157 g/mol. The molecule has 0 saturated carbocycles. The normalized spacial score (nSPS) is 13.9. The van der Waals surface area contributed by atoms with E-state index >= 15 is 0 Å². The monoisotopic (exact) mass is 156 g/mol. The second-order valence-corrected chi connectivity index (χ2v) is 2.33. The predicted octanol–water partition coefficient (Wildman–Crippen LogP) is 1.61. The number of alkyl halides is 2. The average Bonchev–Trinajstić information content (AvgIpc) is 1.83. The molecule has 0 aliphatic heterocycles. The first-order chi connectivity index (χ1) is 3.81. The highest BCUT2D eigenvalue weighted by Crippen LogP contribution is 1.99. The van der Waals surface area contributed by atoms with Gasteiger partial charge in [-0.05, 0) is 12.8 Å². The minimum Gasteiger partial charge on any atom is -0.392 e. The van der Waals surface area contributed by atoms with E-state index in [0.717, 1.165) is 6.42 Å². The van der Waals surface area contributed by atoms with Crippen molar-refractivity contribution in [3.05, 3.63) is 0 Å². The number of rotatable bonds is 4. The Morgan fingerprint density at radius 2 is 2.00 bits per heavy atom. The molecule has 1 nitrogen and oxygen atoms in total. The van der Waals surface area contributed by atoms with Crippen molar-refractivity contribution in [2.45, 2.75) is 18.9 Å². The fraction of sp³-hybridized carbons (Fsp3) is 1.00. The lowest BCUT2D eigenvalue weighted by Crippen LogP contribution is -2.07. The van der Waals surface area contributed by atoms with Gasteiger partial charge in [-0.2, -0.15) is 0 Å². The molecule has 0 bridgehead atoms. The summed E-state index contributed by atoms with van der Waals surface area (Å²) in [5.74, 6) is 0.921. The van der Waals surface area contributed by atoms with Gasteiger partial charge in [0.05, 0.1) is 6.10 Å². The van der Waals surface area contributed by atoms with E-state index in [4.69, 9.17) is 28.3 Å². The van der Waals surface area contributed by atoms with E-state index in [1.807, 2.05) is 0 Å². The lowest BCUT2D eigenvalue weighted by atomic mass is 10.2. The van der Waals surface area contributed by atoms with Crippen molar-refractivity contribution in [2.24, 2.45) is 0 Å². The van der Waals surface area contributed by atoms with Gasteiger partial charge in [0.25, 0.3) is 0 Å². The second kappa shape index (κ2) is 5.67. The Labute approximate surface area is 59.6 Å². The third kappa shape index (κ3) is 4.69. The maximum Gasteiger partial charge on any atom is 0.0675 e. The standard InChI is InChI=1S/C5H10Cl2O/c6-3-1-2-5(8)4-7/h5,8H,1-4H2/t5-/m0/s1. The van der Waals surface area contributed by atoms with Gasteiger partial charge < -0.3 is 5.11 Å². The van der Waals surface area contributed by atoms with Crippen LogP contribution in [0.4, 0.5) is 0 Å². The number of halogens is 2. The van der Waals surface area contributed by atoms with Gasteiger partial charge in [-0.25, -0.2) is 0 Å². The van der Waals surface area contributed by atoms with Crippen LogP contribution in [0.2, 0.25) is 0 Å². The molecule has 1 N–H and O–H groups in total. The fourth-order valence-corrected chi connectivity index (χ4v) is 0.699. The van der Waals surface area contributed by atoms with E-state index in [1.54, 1.807) is 0 Å². The molecule has 8 heavy (non-hydrogen) atoms. The summed E-state index contributed by atoms with van der Waals surface area (Å²) in [6.07, 6.45) is 1.19. The van der Waals surface area contributed by atoms with Crippen LogP contribution in [0, 0.1) is 0 Å². The van der Waals surface area contributed by atoms with Crippen molar-refractivity contribution in [1.82, 2.24) is 0 Å². The first-order valence-corrected chi connectivity index (χ1v) is 3.68. The number of hydrogen-bond acceptors (Lipinski definition) is 1. The Bertz CT molecular complexity index is 49.7. The van der Waals surface area contributed by atoms with Gasteiger partial charge in [0.2, 0.25) is 0 Å². The molecular weight excluding hydrogens is 147 g/mol. The van der Waals surface area contributed by atoms with Crippen LogP contribution in [0.3, 0.4) is 0 Å². The van der Waals surface area contributed by atoms with Crippen LogP contribution in [0.25, 0.3) is 0 Å². The van der Waals surface area contributed by atoms with Crippen LogP contribution in [-0.4, -0.2) is 23.0 Å². The Morgan fingerprint density at radius 3 is 2.38 bits per heavy atom. The molecule has 0 aliphatic rings. The number of hydrogen-bond donors (Lipinski definition) is 1. The fourth-order valence-electron chi connectivity index (χ4n) is 0.390. The van der Waals surface area contributed by atoms with E-state index in [2.05, 4.69) is 0 Å². The lowest BCUT2D eigenvalue weighted by molar-refractivity contribution is 0.187. The molecule has 1 atom stereocenters. The summed E-state index contributed by atoms with van der Waals surface area (Å²) in [6, 6.07) is 0. The van der Waals surface area contributed by atoms with E-state index in [-0.39, 0.29) is 6.10 Å². The van der Waals surface area contributed by atoms with Gasteiger partial charge in [-0.3, -0.25) is 0 Å². The van der Waals surface area contributed by atoms with Gasteiger partial charge in [0.1, 0.15) is 0 Å². The number of aliphatic hydroxyl groups excluding tert-OH is 1. The van der Waals surface area contributed by atoms with E-state index in [9.17, 15) is 0 Å². The molecule has 0 fully saturated rings. The zero-order valence-electron chi connectivity index (χ0n) is 4.61. The molecule has 0 aromatic rings. The third-order valence-corrected chi connectivity index (χ3v) is 1.47. The highest BCUT2D eigenvalue weighted by molar-refractivity contribution is 6.18. The van der Waals surface area contributed by atoms with Crippen molar-refractivity contribution in [3.63, 3.8) is 0 Å². The third-order valence-electron chi connectivity index (χ3n) is 0.849. The van der Waals surface area contributed by atoms with Gasteiger partial charge in [-0.1, -0.05) is 0 Å². The summed E-state index contributed by atoms with van der Waals surface area (Å²) < 4.78 is 0. The Morgan fingerprint density at radius 1 is 1.38 bits per heavy atom. The van der Waals surface area contributed by atoms with Crippen molar-refractivity contribution in [2.75, 3.05) is 11.8 Å². The van der Waals surface area contributed by atoms with Crippen LogP contribution in [0.5, 0.6) is 0 Å². The van der Waals surface area contributed by atoms with Gasteiger partial charge >= 0.3 is 0 Å². The van der Waals surface area contributed by atoms with Crippen LogP contribution in [0.1, 0.15) is 12.8 Å². The van der Waals surface area contributed by atoms with E-state index < -0.39 is 0 Å². The Hall–Kier alpha value is 0.540. The Balaban J connectivity index is 2.86. The molecular formula is C5H10Cl2O. The molecule has 0 radical (unpaired) electrons. The van der Waals surface area contributed by atoms with Crippen molar-refractivity contribution in [3.8, 4) is 0 Å². The Kier molecular flexibility index (Phi) is 6.06. The summed E-state index contributed by atoms with van der Waals surface area (Å²) in [6.45, 7) is 0.